The topological polar surface area (TPSA) is 16.4 Å². The van der Waals surface area contributed by atoms with Crippen LogP contribution in [0.25, 0.3) is 12.2 Å². The molecule has 138 valence electrons. The van der Waals surface area contributed by atoms with Gasteiger partial charge in [-0.3, -0.25) is 0 Å². The fraction of sp³-hybridized carbons (Fsp3) is 0.381. The number of rotatable bonds is 8. The molecule has 2 aromatic rings. The number of pyridine rings is 1. The first-order valence-electron chi connectivity index (χ1n) is 9.16. The Labute approximate surface area is 164 Å². The molecular formula is C21H27N2OS2+. The standard InChI is InChI=1S/C21H27N2OS2/c1-3-15-25-26-16-13-23-10-8-18(9-11-23)4-5-19-6-7-20-21(17-19)24-14-12-22(20)2/h4-11,17H,3,12-16H2,1-2H3/q+1. The van der Waals surface area contributed by atoms with E-state index in [1.54, 1.807) is 0 Å². The van der Waals surface area contributed by atoms with Crippen LogP contribution in [0, 0.1) is 0 Å². The number of nitrogens with zero attached hydrogens (tertiary/aromatic N) is 2. The van der Waals surface area contributed by atoms with Crippen LogP contribution in [0.1, 0.15) is 24.5 Å². The van der Waals surface area contributed by atoms with Gasteiger partial charge in [-0.25, -0.2) is 4.57 Å². The van der Waals surface area contributed by atoms with Gasteiger partial charge in [0.2, 0.25) is 0 Å². The zero-order valence-electron chi connectivity index (χ0n) is 15.6. The lowest BCUT2D eigenvalue weighted by atomic mass is 10.1. The molecule has 0 saturated carbocycles. The summed E-state index contributed by atoms with van der Waals surface area (Å²) in [5.74, 6) is 3.36. The van der Waals surface area contributed by atoms with Gasteiger partial charge in [-0.2, -0.15) is 0 Å². The van der Waals surface area contributed by atoms with Crippen LogP contribution < -0.4 is 14.2 Å². The Morgan fingerprint density at radius 3 is 2.65 bits per heavy atom. The van der Waals surface area contributed by atoms with E-state index >= 15 is 0 Å². The summed E-state index contributed by atoms with van der Waals surface area (Å²) in [5, 5.41) is 0. The molecule has 0 aliphatic carbocycles. The van der Waals surface area contributed by atoms with Crippen molar-refractivity contribution in [3.8, 4) is 5.75 Å². The lowest BCUT2D eigenvalue weighted by Crippen LogP contribution is -2.33. The largest absolute Gasteiger partial charge is 0.490 e. The Bertz CT molecular complexity index is 731. The second kappa shape index (κ2) is 9.93. The average Bonchev–Trinajstić information content (AvgIpc) is 2.67. The fourth-order valence-electron chi connectivity index (χ4n) is 2.74. The molecule has 3 nitrogen and oxygen atoms in total. The highest BCUT2D eigenvalue weighted by Gasteiger charge is 2.14. The summed E-state index contributed by atoms with van der Waals surface area (Å²) in [5.41, 5.74) is 3.55. The molecule has 0 bridgehead atoms. The summed E-state index contributed by atoms with van der Waals surface area (Å²) in [6.45, 7) is 4.98. The molecule has 26 heavy (non-hydrogen) atoms. The lowest BCUT2D eigenvalue weighted by molar-refractivity contribution is -0.692. The Morgan fingerprint density at radius 2 is 1.85 bits per heavy atom. The van der Waals surface area contributed by atoms with E-state index in [2.05, 4.69) is 78.3 Å². The van der Waals surface area contributed by atoms with Crippen LogP contribution in [0.5, 0.6) is 5.75 Å². The Kier molecular flexibility index (Phi) is 7.32. The van der Waals surface area contributed by atoms with Gasteiger partial charge in [0.1, 0.15) is 12.4 Å². The van der Waals surface area contributed by atoms with Crippen LogP contribution in [0.3, 0.4) is 0 Å². The van der Waals surface area contributed by atoms with Crippen LogP contribution in [0.2, 0.25) is 0 Å². The second-order valence-electron chi connectivity index (χ2n) is 6.34. The molecule has 1 aliphatic heterocycles. The van der Waals surface area contributed by atoms with Crippen molar-refractivity contribution in [3.63, 3.8) is 0 Å². The normalized spacial score (nSPS) is 13.7. The molecule has 0 unspecified atom stereocenters. The minimum absolute atomic E-state index is 0.755. The van der Waals surface area contributed by atoms with E-state index in [4.69, 9.17) is 4.74 Å². The van der Waals surface area contributed by atoms with Crippen molar-refractivity contribution in [3.05, 3.63) is 53.9 Å². The monoisotopic (exact) mass is 387 g/mol. The Morgan fingerprint density at radius 1 is 1.08 bits per heavy atom. The van der Waals surface area contributed by atoms with Gasteiger partial charge in [-0.1, -0.05) is 46.7 Å². The summed E-state index contributed by atoms with van der Waals surface area (Å²) in [6.07, 6.45) is 9.88. The third kappa shape index (κ3) is 5.45. The van der Waals surface area contributed by atoms with Gasteiger partial charge in [0, 0.05) is 24.9 Å². The molecule has 0 saturated heterocycles. The third-order valence-corrected chi connectivity index (χ3v) is 6.86. The van der Waals surface area contributed by atoms with Crippen molar-refractivity contribution in [2.24, 2.45) is 0 Å². The van der Waals surface area contributed by atoms with Crippen LogP contribution >= 0.6 is 21.6 Å². The fourth-order valence-corrected chi connectivity index (χ4v) is 4.86. The number of anilines is 1. The molecule has 0 amide bonds. The first-order chi connectivity index (χ1) is 12.8. The first kappa shape index (κ1) is 19.2. The number of fused-ring (bicyclic) bond motifs is 1. The van der Waals surface area contributed by atoms with E-state index in [1.807, 2.05) is 21.6 Å². The molecule has 3 rings (SSSR count). The van der Waals surface area contributed by atoms with Gasteiger partial charge in [0.05, 0.1) is 18.0 Å². The predicted octanol–water partition coefficient (Wildman–Crippen LogP) is 4.76. The van der Waals surface area contributed by atoms with Gasteiger partial charge in [-0.05, 0) is 29.7 Å². The quantitative estimate of drug-likeness (QED) is 0.368. The van der Waals surface area contributed by atoms with Gasteiger partial charge in [0.15, 0.2) is 18.9 Å². The Hall–Kier alpha value is -1.59. The van der Waals surface area contributed by atoms with E-state index in [1.165, 1.54) is 29.0 Å². The molecule has 0 fully saturated rings. The maximum absolute atomic E-state index is 5.78. The zero-order valence-corrected chi connectivity index (χ0v) is 17.2. The molecule has 0 spiro atoms. The van der Waals surface area contributed by atoms with Crippen molar-refractivity contribution >= 4 is 39.4 Å². The summed E-state index contributed by atoms with van der Waals surface area (Å²) >= 11 is 0. The maximum atomic E-state index is 5.78. The van der Waals surface area contributed by atoms with E-state index in [0.717, 1.165) is 31.2 Å². The minimum Gasteiger partial charge on any atom is -0.490 e. The second-order valence-corrected chi connectivity index (χ2v) is 9.05. The van der Waals surface area contributed by atoms with Crippen LogP contribution in [-0.2, 0) is 6.54 Å². The number of aryl methyl sites for hydroxylation is 1. The van der Waals surface area contributed by atoms with E-state index in [0.29, 0.717) is 0 Å². The molecular weight excluding hydrogens is 360 g/mol. The highest BCUT2D eigenvalue weighted by molar-refractivity contribution is 8.76. The average molecular weight is 388 g/mol. The van der Waals surface area contributed by atoms with Gasteiger partial charge in [-0.15, -0.1) is 0 Å². The minimum atomic E-state index is 0.755. The summed E-state index contributed by atoms with van der Waals surface area (Å²) < 4.78 is 8.03. The SMILES string of the molecule is CCCSSCC[n+]1ccc(/C=C/c2ccc3c(c2)OCCN3C)cc1. The molecule has 0 N–H and O–H groups in total. The predicted molar refractivity (Wildman–Crippen MR) is 116 cm³/mol. The number of benzene rings is 1. The smallest absolute Gasteiger partial charge is 0.169 e. The maximum Gasteiger partial charge on any atom is 0.169 e. The van der Waals surface area contributed by atoms with Crippen LogP contribution in [-0.4, -0.2) is 31.7 Å². The molecule has 1 aromatic heterocycles. The zero-order chi connectivity index (χ0) is 18.2. The molecule has 0 atom stereocenters. The highest BCUT2D eigenvalue weighted by Crippen LogP contribution is 2.31. The van der Waals surface area contributed by atoms with Gasteiger partial charge < -0.3 is 9.64 Å². The first-order valence-corrected chi connectivity index (χ1v) is 11.6. The molecule has 0 radical (unpaired) electrons. The number of hydrogen-bond acceptors (Lipinski definition) is 4. The summed E-state index contributed by atoms with van der Waals surface area (Å²) in [7, 11) is 6.04. The highest BCUT2D eigenvalue weighted by atomic mass is 33.1. The van der Waals surface area contributed by atoms with Crippen molar-refractivity contribution in [2.75, 3.05) is 36.6 Å². The van der Waals surface area contributed by atoms with E-state index in [-0.39, 0.29) is 0 Å². The van der Waals surface area contributed by atoms with Crippen molar-refractivity contribution in [2.45, 2.75) is 19.9 Å². The third-order valence-electron chi connectivity index (χ3n) is 4.27. The summed E-state index contributed by atoms with van der Waals surface area (Å²) in [4.78, 5) is 2.24. The van der Waals surface area contributed by atoms with Crippen LogP contribution in [0.15, 0.2) is 42.7 Å². The number of likely N-dealkylation sites (N-methyl/N-ethyl adjacent to an activating group) is 1. The van der Waals surface area contributed by atoms with Gasteiger partial charge in [0.25, 0.3) is 0 Å². The lowest BCUT2D eigenvalue weighted by Gasteiger charge is -2.27. The summed E-state index contributed by atoms with van der Waals surface area (Å²) in [6, 6.07) is 10.7. The van der Waals surface area contributed by atoms with Crippen molar-refractivity contribution in [1.82, 2.24) is 0 Å². The number of ether oxygens (including phenoxy) is 1. The molecule has 1 aromatic carbocycles. The van der Waals surface area contributed by atoms with Gasteiger partial charge >= 0.3 is 0 Å². The molecule has 5 heteroatoms. The van der Waals surface area contributed by atoms with E-state index < -0.39 is 0 Å². The molecule has 1 aliphatic rings. The van der Waals surface area contributed by atoms with E-state index in [9.17, 15) is 0 Å². The molecule has 2 heterocycles. The number of aromatic nitrogens is 1. The van der Waals surface area contributed by atoms with Crippen molar-refractivity contribution in [1.29, 1.82) is 0 Å². The van der Waals surface area contributed by atoms with Crippen LogP contribution in [0.4, 0.5) is 5.69 Å². The van der Waals surface area contributed by atoms with Crippen molar-refractivity contribution < 1.29 is 9.30 Å². The number of hydrogen-bond donors (Lipinski definition) is 0. The Balaban J connectivity index is 1.55.